The van der Waals surface area contributed by atoms with Crippen LogP contribution >= 0.6 is 0 Å². The zero-order chi connectivity index (χ0) is 22.9. The van der Waals surface area contributed by atoms with E-state index in [9.17, 15) is 9.90 Å². The molecule has 0 radical (unpaired) electrons. The Hall–Kier alpha value is -2.99. The average Bonchev–Trinajstić information content (AvgIpc) is 2.85. The van der Waals surface area contributed by atoms with Gasteiger partial charge >= 0.3 is 5.97 Å². The molecule has 0 aliphatic carbocycles. The molecule has 4 rings (SSSR count). The molecule has 6 nitrogen and oxygen atoms in total. The summed E-state index contributed by atoms with van der Waals surface area (Å²) in [6, 6.07) is 13.8. The summed E-state index contributed by atoms with van der Waals surface area (Å²) >= 11 is 0. The van der Waals surface area contributed by atoms with Crippen LogP contribution < -0.4 is 10.6 Å². The molecule has 33 heavy (non-hydrogen) atoms. The molecule has 2 aromatic heterocycles. The number of carboxylic acids is 1. The first-order valence-electron chi connectivity index (χ1n) is 12.2. The molecule has 0 saturated heterocycles. The number of hydrogen-bond donors (Lipinski definition) is 3. The molecule has 3 aromatic rings. The van der Waals surface area contributed by atoms with E-state index in [0.717, 1.165) is 73.8 Å². The van der Waals surface area contributed by atoms with Gasteiger partial charge in [0.25, 0.3) is 0 Å². The number of nitrogens with one attached hydrogen (secondary N) is 2. The first-order valence-corrected chi connectivity index (χ1v) is 12.2. The van der Waals surface area contributed by atoms with Crippen molar-refractivity contribution in [3.63, 3.8) is 0 Å². The van der Waals surface area contributed by atoms with Gasteiger partial charge in [0.05, 0.1) is 5.52 Å². The third-order valence-electron chi connectivity index (χ3n) is 6.43. The van der Waals surface area contributed by atoms with E-state index in [0.29, 0.717) is 13.0 Å². The van der Waals surface area contributed by atoms with Gasteiger partial charge in [-0.3, -0.25) is 9.78 Å². The van der Waals surface area contributed by atoms with Gasteiger partial charge in [0, 0.05) is 30.4 Å². The highest BCUT2D eigenvalue weighted by Gasteiger charge is 2.17. The van der Waals surface area contributed by atoms with Crippen LogP contribution in [0.5, 0.6) is 0 Å². The number of aromatic nitrogens is 2. The number of para-hydroxylation sites is 1. The standard InChI is InChI=1S/C27H34N4O2/c32-27(33)24(30-19-22-10-6-9-20-11-7-17-28-25(20)22)14-5-3-1-2-4-13-23-16-15-21-12-8-18-29-26(21)31-23/h6-7,9-11,15-17,24,30H,1-5,8,12-14,18-19H2,(H,29,31)(H,32,33)/t24-/m0/s1. The van der Waals surface area contributed by atoms with Crippen LogP contribution in [-0.4, -0.2) is 33.6 Å². The first-order chi connectivity index (χ1) is 16.2. The van der Waals surface area contributed by atoms with Gasteiger partial charge in [-0.05, 0) is 55.4 Å². The Labute approximate surface area is 195 Å². The molecule has 1 aliphatic heterocycles. The summed E-state index contributed by atoms with van der Waals surface area (Å²) in [7, 11) is 0. The number of aryl methyl sites for hydroxylation is 2. The number of fused-ring (bicyclic) bond motifs is 2. The fourth-order valence-electron chi connectivity index (χ4n) is 4.55. The third kappa shape index (κ3) is 6.51. The fraction of sp³-hybridized carbons (Fsp3) is 0.444. The number of rotatable bonds is 12. The lowest BCUT2D eigenvalue weighted by Gasteiger charge is -2.17. The summed E-state index contributed by atoms with van der Waals surface area (Å²) in [4.78, 5) is 20.9. The van der Waals surface area contributed by atoms with Crippen LogP contribution in [0.4, 0.5) is 5.82 Å². The Morgan fingerprint density at radius 1 is 1.06 bits per heavy atom. The summed E-state index contributed by atoms with van der Waals surface area (Å²) in [5.74, 6) is 0.292. The summed E-state index contributed by atoms with van der Waals surface area (Å²) < 4.78 is 0. The fourth-order valence-corrected chi connectivity index (χ4v) is 4.55. The van der Waals surface area contributed by atoms with Crippen molar-refractivity contribution in [2.45, 2.75) is 70.4 Å². The second-order valence-electron chi connectivity index (χ2n) is 8.91. The zero-order valence-corrected chi connectivity index (χ0v) is 19.2. The predicted molar refractivity (Wildman–Crippen MR) is 132 cm³/mol. The molecule has 0 fully saturated rings. The molecule has 1 aromatic carbocycles. The number of carbonyl (C=O) groups is 1. The van der Waals surface area contributed by atoms with E-state index in [1.165, 1.54) is 17.7 Å². The predicted octanol–water partition coefficient (Wildman–Crippen LogP) is 5.11. The second kappa shape index (κ2) is 11.8. The quantitative estimate of drug-likeness (QED) is 0.335. The van der Waals surface area contributed by atoms with Gasteiger partial charge in [-0.25, -0.2) is 4.98 Å². The number of hydrogen-bond acceptors (Lipinski definition) is 5. The topological polar surface area (TPSA) is 87.1 Å². The van der Waals surface area contributed by atoms with Crippen molar-refractivity contribution in [2.24, 2.45) is 0 Å². The number of unbranched alkanes of at least 4 members (excludes halogenated alkanes) is 4. The zero-order valence-electron chi connectivity index (χ0n) is 19.2. The highest BCUT2D eigenvalue weighted by Crippen LogP contribution is 2.21. The molecule has 174 valence electrons. The van der Waals surface area contributed by atoms with Crippen LogP contribution in [-0.2, 0) is 24.2 Å². The molecule has 0 bridgehead atoms. The third-order valence-corrected chi connectivity index (χ3v) is 6.43. The maximum Gasteiger partial charge on any atom is 0.320 e. The highest BCUT2D eigenvalue weighted by atomic mass is 16.4. The van der Waals surface area contributed by atoms with Gasteiger partial charge < -0.3 is 15.7 Å². The van der Waals surface area contributed by atoms with Crippen LogP contribution in [0.2, 0.25) is 0 Å². The smallest absolute Gasteiger partial charge is 0.320 e. The van der Waals surface area contributed by atoms with Crippen LogP contribution in [0, 0.1) is 0 Å². The van der Waals surface area contributed by atoms with Crippen LogP contribution in [0.3, 0.4) is 0 Å². The minimum Gasteiger partial charge on any atom is -0.480 e. The van der Waals surface area contributed by atoms with E-state index in [1.807, 2.05) is 30.3 Å². The molecule has 3 heterocycles. The van der Waals surface area contributed by atoms with Gasteiger partial charge in [0.1, 0.15) is 11.9 Å². The molecule has 6 heteroatoms. The van der Waals surface area contributed by atoms with Crippen molar-refractivity contribution >= 4 is 22.7 Å². The first kappa shape index (κ1) is 23.2. The van der Waals surface area contributed by atoms with Gasteiger partial charge in [-0.2, -0.15) is 0 Å². The molecular formula is C27H34N4O2. The van der Waals surface area contributed by atoms with E-state index in [2.05, 4.69) is 27.8 Å². The van der Waals surface area contributed by atoms with Crippen LogP contribution in [0.25, 0.3) is 10.9 Å². The van der Waals surface area contributed by atoms with Gasteiger partial charge in [-0.15, -0.1) is 0 Å². The molecule has 0 saturated carbocycles. The lowest BCUT2D eigenvalue weighted by molar-refractivity contribution is -0.139. The van der Waals surface area contributed by atoms with Crippen molar-refractivity contribution in [1.29, 1.82) is 0 Å². The molecule has 0 spiro atoms. The van der Waals surface area contributed by atoms with Crippen LogP contribution in [0.15, 0.2) is 48.7 Å². The van der Waals surface area contributed by atoms with Gasteiger partial charge in [-0.1, -0.05) is 56.0 Å². The Kier molecular flexibility index (Phi) is 8.25. The van der Waals surface area contributed by atoms with E-state index >= 15 is 0 Å². The summed E-state index contributed by atoms with van der Waals surface area (Å²) in [5.41, 5.74) is 4.47. The van der Waals surface area contributed by atoms with Gasteiger partial charge in [0.2, 0.25) is 0 Å². The van der Waals surface area contributed by atoms with Gasteiger partial charge in [0.15, 0.2) is 0 Å². The maximum absolute atomic E-state index is 11.7. The SMILES string of the molecule is O=C(O)[C@H](CCCCCCCc1ccc2c(n1)NCCC2)NCc1cccc2cccnc12. The highest BCUT2D eigenvalue weighted by molar-refractivity contribution is 5.81. The molecule has 0 unspecified atom stereocenters. The summed E-state index contributed by atoms with van der Waals surface area (Å²) in [5, 5.41) is 17.3. The monoisotopic (exact) mass is 446 g/mol. The van der Waals surface area contributed by atoms with Crippen molar-refractivity contribution in [3.05, 3.63) is 65.5 Å². The summed E-state index contributed by atoms with van der Waals surface area (Å²) in [6.45, 7) is 1.53. The molecule has 1 atom stereocenters. The Balaban J connectivity index is 1.15. The number of benzene rings is 1. The minimum absolute atomic E-state index is 0.508. The van der Waals surface area contributed by atoms with E-state index in [1.54, 1.807) is 6.20 Å². The molecule has 1 aliphatic rings. The average molecular weight is 447 g/mol. The van der Waals surface area contributed by atoms with Crippen molar-refractivity contribution in [2.75, 3.05) is 11.9 Å². The molecule has 3 N–H and O–H groups in total. The second-order valence-corrected chi connectivity index (χ2v) is 8.91. The normalized spacial score (nSPS) is 13.9. The summed E-state index contributed by atoms with van der Waals surface area (Å²) in [6.07, 6.45) is 11.1. The number of pyridine rings is 2. The number of anilines is 1. The van der Waals surface area contributed by atoms with Crippen molar-refractivity contribution in [1.82, 2.24) is 15.3 Å². The largest absolute Gasteiger partial charge is 0.480 e. The lowest BCUT2D eigenvalue weighted by atomic mass is 10.0. The van der Waals surface area contributed by atoms with E-state index in [4.69, 9.17) is 4.98 Å². The van der Waals surface area contributed by atoms with E-state index in [-0.39, 0.29) is 0 Å². The van der Waals surface area contributed by atoms with E-state index < -0.39 is 12.0 Å². The maximum atomic E-state index is 11.7. The molecular weight excluding hydrogens is 412 g/mol. The Bertz CT molecular complexity index is 1060. The molecule has 0 amide bonds. The minimum atomic E-state index is -0.782. The number of nitrogens with zero attached hydrogens (tertiary/aromatic N) is 2. The van der Waals surface area contributed by atoms with Crippen molar-refractivity contribution in [3.8, 4) is 0 Å². The Morgan fingerprint density at radius 3 is 2.82 bits per heavy atom. The number of aliphatic carboxylic acids is 1. The Morgan fingerprint density at radius 2 is 1.91 bits per heavy atom. The number of carboxylic acid groups (broad SMARTS) is 1. The van der Waals surface area contributed by atoms with Crippen LogP contribution in [0.1, 0.15) is 61.8 Å². The lowest BCUT2D eigenvalue weighted by Crippen LogP contribution is -2.36. The van der Waals surface area contributed by atoms with Crippen molar-refractivity contribution < 1.29 is 9.90 Å².